The number of hydrogen-bond acceptors (Lipinski definition) is 4. The first-order valence-corrected chi connectivity index (χ1v) is 12.8. The van der Waals surface area contributed by atoms with Gasteiger partial charge in [0.25, 0.3) is 11.1 Å². The first-order chi connectivity index (χ1) is 17.3. The Labute approximate surface area is 219 Å². The normalized spacial score (nSPS) is 14.9. The van der Waals surface area contributed by atoms with Crippen molar-refractivity contribution in [1.29, 1.82) is 0 Å². The zero-order chi connectivity index (χ0) is 25.4. The Kier molecular flexibility index (Phi) is 6.65. The van der Waals surface area contributed by atoms with Gasteiger partial charge < -0.3 is 9.30 Å². The molecule has 1 saturated heterocycles. The van der Waals surface area contributed by atoms with Crippen molar-refractivity contribution in [2.75, 3.05) is 13.2 Å². The van der Waals surface area contributed by atoms with Crippen molar-refractivity contribution in [3.05, 3.63) is 99.2 Å². The average molecular weight is 517 g/mol. The van der Waals surface area contributed by atoms with E-state index in [1.165, 1.54) is 4.90 Å². The molecule has 36 heavy (non-hydrogen) atoms. The van der Waals surface area contributed by atoms with Gasteiger partial charge >= 0.3 is 0 Å². The van der Waals surface area contributed by atoms with Crippen molar-refractivity contribution < 1.29 is 14.3 Å². The van der Waals surface area contributed by atoms with E-state index in [1.54, 1.807) is 6.08 Å². The lowest BCUT2D eigenvalue weighted by Gasteiger charge is -2.14. The minimum Gasteiger partial charge on any atom is -0.491 e. The van der Waals surface area contributed by atoms with Crippen molar-refractivity contribution in [2.45, 2.75) is 20.8 Å². The Morgan fingerprint density at radius 3 is 2.56 bits per heavy atom. The summed E-state index contributed by atoms with van der Waals surface area (Å²) in [7, 11) is 0. The van der Waals surface area contributed by atoms with E-state index in [-0.39, 0.29) is 24.3 Å². The summed E-state index contributed by atoms with van der Waals surface area (Å²) < 4.78 is 8.04. The van der Waals surface area contributed by atoms with Crippen molar-refractivity contribution in [2.24, 2.45) is 0 Å². The Hall–Kier alpha value is -3.48. The van der Waals surface area contributed by atoms with Crippen LogP contribution in [0.5, 0.6) is 5.75 Å². The number of aryl methyl sites for hydroxylation is 2. The molecule has 0 N–H and O–H groups in total. The van der Waals surface area contributed by atoms with Crippen LogP contribution in [0.1, 0.15) is 22.5 Å². The number of aromatic nitrogens is 1. The second kappa shape index (κ2) is 9.88. The van der Waals surface area contributed by atoms with E-state index in [4.69, 9.17) is 16.3 Å². The molecule has 1 aliphatic heterocycles. The van der Waals surface area contributed by atoms with Crippen LogP contribution in [0.2, 0.25) is 5.02 Å². The summed E-state index contributed by atoms with van der Waals surface area (Å²) >= 11 is 7.31. The highest BCUT2D eigenvalue weighted by atomic mass is 35.5. The number of carbonyl (C=O) groups is 2. The summed E-state index contributed by atoms with van der Waals surface area (Å²) in [5.41, 5.74) is 4.85. The molecule has 7 heteroatoms. The van der Waals surface area contributed by atoms with Gasteiger partial charge in [-0.2, -0.15) is 0 Å². The summed E-state index contributed by atoms with van der Waals surface area (Å²) in [5, 5.41) is 2.49. The topological polar surface area (TPSA) is 51.5 Å². The van der Waals surface area contributed by atoms with Gasteiger partial charge in [0.15, 0.2) is 0 Å². The molecule has 3 aromatic carbocycles. The van der Waals surface area contributed by atoms with Gasteiger partial charge in [0.2, 0.25) is 0 Å². The molecule has 0 bridgehead atoms. The van der Waals surface area contributed by atoms with Crippen LogP contribution in [0.25, 0.3) is 22.5 Å². The molecule has 182 valence electrons. The first kappa shape index (κ1) is 24.2. The molecule has 0 spiro atoms. The molecule has 0 atom stereocenters. The van der Waals surface area contributed by atoms with Crippen molar-refractivity contribution in [3.8, 4) is 11.4 Å². The third-order valence-electron chi connectivity index (χ3n) is 6.37. The number of halogens is 1. The average Bonchev–Trinajstić information content (AvgIpc) is 3.29. The lowest BCUT2D eigenvalue weighted by atomic mass is 10.1. The number of ether oxygens (including phenoxy) is 1. The van der Waals surface area contributed by atoms with E-state index in [1.807, 2.05) is 87.5 Å². The second-order valence-corrected chi connectivity index (χ2v) is 10.2. The van der Waals surface area contributed by atoms with E-state index in [2.05, 4.69) is 4.57 Å². The molecule has 4 aromatic rings. The highest BCUT2D eigenvalue weighted by molar-refractivity contribution is 8.18. The SMILES string of the molecule is Cc1ccc(-n2c(C)cc(/C=C3\SC(=O)N(CCOc4cccc5ccccc45)C3=O)c2C)cc1Cl. The van der Waals surface area contributed by atoms with E-state index in [9.17, 15) is 9.59 Å². The van der Waals surface area contributed by atoms with Crippen LogP contribution in [-0.4, -0.2) is 33.8 Å². The predicted octanol–water partition coefficient (Wildman–Crippen LogP) is 7.32. The predicted molar refractivity (Wildman–Crippen MR) is 147 cm³/mol. The maximum absolute atomic E-state index is 13.1. The van der Waals surface area contributed by atoms with Crippen LogP contribution < -0.4 is 4.74 Å². The van der Waals surface area contributed by atoms with Gasteiger partial charge in [0, 0.05) is 27.5 Å². The molecule has 0 unspecified atom stereocenters. The van der Waals surface area contributed by atoms with Crippen molar-refractivity contribution >= 4 is 51.4 Å². The van der Waals surface area contributed by atoms with Gasteiger partial charge in [-0.05, 0) is 79.4 Å². The number of thioether (sulfide) groups is 1. The summed E-state index contributed by atoms with van der Waals surface area (Å²) in [6.07, 6.45) is 1.80. The van der Waals surface area contributed by atoms with Gasteiger partial charge in [-0.25, -0.2) is 0 Å². The third kappa shape index (κ3) is 4.54. The number of nitrogens with zero attached hydrogens (tertiary/aromatic N) is 2. The number of benzene rings is 3. The van der Waals surface area contributed by atoms with Crippen LogP contribution in [-0.2, 0) is 4.79 Å². The first-order valence-electron chi connectivity index (χ1n) is 11.6. The highest BCUT2D eigenvalue weighted by Crippen LogP contribution is 2.34. The van der Waals surface area contributed by atoms with Crippen LogP contribution in [0.4, 0.5) is 4.79 Å². The van der Waals surface area contributed by atoms with Crippen molar-refractivity contribution in [1.82, 2.24) is 9.47 Å². The smallest absolute Gasteiger partial charge is 0.293 e. The molecule has 1 aliphatic rings. The molecule has 5 nitrogen and oxygen atoms in total. The molecule has 0 aliphatic carbocycles. The number of rotatable bonds is 6. The zero-order valence-corrected chi connectivity index (χ0v) is 21.8. The van der Waals surface area contributed by atoms with E-state index in [0.717, 1.165) is 56.5 Å². The van der Waals surface area contributed by atoms with Crippen LogP contribution in [0.3, 0.4) is 0 Å². The molecule has 5 rings (SSSR count). The van der Waals surface area contributed by atoms with Gasteiger partial charge in [0.05, 0.1) is 11.4 Å². The number of imide groups is 1. The number of hydrogen-bond donors (Lipinski definition) is 0. The van der Waals surface area contributed by atoms with Gasteiger partial charge in [-0.15, -0.1) is 0 Å². The van der Waals surface area contributed by atoms with E-state index in [0.29, 0.717) is 9.93 Å². The standard InChI is InChI=1S/C29H25ClN2O3S/c1-18-11-12-23(17-25(18)30)32-19(2)15-22(20(32)3)16-27-28(33)31(29(34)36-27)13-14-35-26-10-6-8-21-7-4-5-9-24(21)26/h4-12,15-17H,13-14H2,1-3H3/b27-16-. The van der Waals surface area contributed by atoms with Gasteiger partial charge in [-0.3, -0.25) is 14.5 Å². The molecule has 1 fully saturated rings. The lowest BCUT2D eigenvalue weighted by Crippen LogP contribution is -2.32. The largest absolute Gasteiger partial charge is 0.491 e. The van der Waals surface area contributed by atoms with E-state index >= 15 is 0 Å². The van der Waals surface area contributed by atoms with Crippen LogP contribution in [0.15, 0.2) is 71.6 Å². The van der Waals surface area contributed by atoms with Gasteiger partial charge in [0.1, 0.15) is 12.4 Å². The van der Waals surface area contributed by atoms with Gasteiger partial charge in [-0.1, -0.05) is 54.1 Å². The molecule has 1 aromatic heterocycles. The lowest BCUT2D eigenvalue weighted by molar-refractivity contribution is -0.123. The fourth-order valence-electron chi connectivity index (χ4n) is 4.45. The Morgan fingerprint density at radius 1 is 0.972 bits per heavy atom. The molecule has 2 heterocycles. The number of amides is 2. The molecule has 0 radical (unpaired) electrons. The second-order valence-electron chi connectivity index (χ2n) is 8.75. The third-order valence-corrected chi connectivity index (χ3v) is 7.68. The summed E-state index contributed by atoms with van der Waals surface area (Å²) in [4.78, 5) is 27.4. The molecule has 0 saturated carbocycles. The fourth-order valence-corrected chi connectivity index (χ4v) is 5.49. The molecule has 2 amide bonds. The minimum absolute atomic E-state index is 0.187. The zero-order valence-electron chi connectivity index (χ0n) is 20.2. The Bertz CT molecular complexity index is 1530. The van der Waals surface area contributed by atoms with Crippen LogP contribution in [0, 0.1) is 20.8 Å². The van der Waals surface area contributed by atoms with Crippen LogP contribution >= 0.6 is 23.4 Å². The quantitative estimate of drug-likeness (QED) is 0.252. The molecular formula is C29H25ClN2O3S. The highest BCUT2D eigenvalue weighted by Gasteiger charge is 2.35. The number of carbonyl (C=O) groups excluding carboxylic acids is 2. The maximum atomic E-state index is 13.1. The number of fused-ring (bicyclic) bond motifs is 1. The Morgan fingerprint density at radius 2 is 1.75 bits per heavy atom. The monoisotopic (exact) mass is 516 g/mol. The molecular weight excluding hydrogens is 492 g/mol. The van der Waals surface area contributed by atoms with Crippen molar-refractivity contribution in [3.63, 3.8) is 0 Å². The maximum Gasteiger partial charge on any atom is 0.293 e. The summed E-state index contributed by atoms with van der Waals surface area (Å²) in [6, 6.07) is 21.8. The Balaban J connectivity index is 1.32. The minimum atomic E-state index is -0.297. The van der Waals surface area contributed by atoms with E-state index < -0.39 is 0 Å². The fraction of sp³-hybridized carbons (Fsp3) is 0.172. The summed E-state index contributed by atoms with van der Waals surface area (Å²) in [6.45, 7) is 6.38. The summed E-state index contributed by atoms with van der Waals surface area (Å²) in [5.74, 6) is 0.439.